The molecule has 1 aliphatic heterocycles. The van der Waals surface area contributed by atoms with Crippen molar-refractivity contribution in [2.45, 2.75) is 12.8 Å². The van der Waals surface area contributed by atoms with Crippen molar-refractivity contribution < 1.29 is 9.59 Å². The summed E-state index contributed by atoms with van der Waals surface area (Å²) < 4.78 is 0. The largest absolute Gasteiger partial charge is 0.339 e. The summed E-state index contributed by atoms with van der Waals surface area (Å²) in [7, 11) is 0. The number of anilines is 2. The zero-order valence-electron chi connectivity index (χ0n) is 19.4. The highest BCUT2D eigenvalue weighted by atomic mass is 16.2. The lowest BCUT2D eigenvalue weighted by Gasteiger charge is -2.34. The molecule has 0 unspecified atom stereocenters. The molecule has 0 saturated carbocycles. The Morgan fingerprint density at radius 3 is 2.17 bits per heavy atom. The molecule has 3 aromatic carbocycles. The summed E-state index contributed by atoms with van der Waals surface area (Å²) in [4.78, 5) is 37.9. The molecule has 0 bridgehead atoms. The van der Waals surface area contributed by atoms with Gasteiger partial charge >= 0.3 is 0 Å². The summed E-state index contributed by atoms with van der Waals surface area (Å²) in [6.07, 6.45) is 4.11. The van der Waals surface area contributed by atoms with Crippen LogP contribution in [0.3, 0.4) is 0 Å². The van der Waals surface area contributed by atoms with E-state index in [1.807, 2.05) is 59.5 Å². The fourth-order valence-corrected chi connectivity index (χ4v) is 4.34. The van der Waals surface area contributed by atoms with E-state index < -0.39 is 0 Å². The number of hydrogen-bond acceptors (Lipinski definition) is 5. The van der Waals surface area contributed by atoms with Crippen molar-refractivity contribution in [1.82, 2.24) is 14.9 Å². The van der Waals surface area contributed by atoms with Gasteiger partial charge in [0, 0.05) is 44.3 Å². The number of fused-ring (bicyclic) bond motifs is 1. The van der Waals surface area contributed by atoms with Crippen LogP contribution in [0.25, 0.3) is 10.8 Å². The maximum absolute atomic E-state index is 12.8. The SMILES string of the molecule is O=C(Cc1ccc2ccccc2c1)Nc1ccc(CC(=O)N2CCN(c3ncccn3)CC2)cc1. The van der Waals surface area contributed by atoms with Gasteiger partial charge in [0.05, 0.1) is 12.8 Å². The second kappa shape index (κ2) is 10.3. The first kappa shape index (κ1) is 22.5. The van der Waals surface area contributed by atoms with E-state index in [-0.39, 0.29) is 11.8 Å². The number of hydrogen-bond donors (Lipinski definition) is 1. The van der Waals surface area contributed by atoms with E-state index in [9.17, 15) is 9.59 Å². The van der Waals surface area contributed by atoms with Crippen molar-refractivity contribution in [1.29, 1.82) is 0 Å². The Kier molecular flexibility index (Phi) is 6.66. The lowest BCUT2D eigenvalue weighted by Crippen LogP contribution is -2.49. The van der Waals surface area contributed by atoms with E-state index >= 15 is 0 Å². The molecule has 4 aromatic rings. The molecule has 1 N–H and O–H groups in total. The molecule has 2 heterocycles. The molecule has 2 amide bonds. The number of carbonyl (C=O) groups excluding carboxylic acids is 2. The molecular formula is C28H27N5O2. The summed E-state index contributed by atoms with van der Waals surface area (Å²) >= 11 is 0. The maximum Gasteiger partial charge on any atom is 0.228 e. The van der Waals surface area contributed by atoms with Crippen LogP contribution in [0.2, 0.25) is 0 Å². The third kappa shape index (κ3) is 5.63. The number of rotatable bonds is 6. The molecule has 35 heavy (non-hydrogen) atoms. The molecule has 0 atom stereocenters. The van der Waals surface area contributed by atoms with Crippen molar-refractivity contribution >= 4 is 34.2 Å². The summed E-state index contributed by atoms with van der Waals surface area (Å²) in [5, 5.41) is 5.24. The Bertz CT molecular complexity index is 1320. The Morgan fingerprint density at radius 2 is 1.43 bits per heavy atom. The number of benzene rings is 3. The van der Waals surface area contributed by atoms with Gasteiger partial charge in [0.25, 0.3) is 0 Å². The fourth-order valence-electron chi connectivity index (χ4n) is 4.34. The third-order valence-corrected chi connectivity index (χ3v) is 6.24. The van der Waals surface area contributed by atoms with Crippen LogP contribution in [0.4, 0.5) is 11.6 Å². The van der Waals surface area contributed by atoms with Gasteiger partial charge in [-0.2, -0.15) is 0 Å². The molecule has 1 aliphatic rings. The van der Waals surface area contributed by atoms with Crippen LogP contribution in [-0.2, 0) is 22.4 Å². The zero-order chi connectivity index (χ0) is 24.0. The minimum absolute atomic E-state index is 0.0654. The van der Waals surface area contributed by atoms with Gasteiger partial charge in [0.15, 0.2) is 0 Å². The van der Waals surface area contributed by atoms with E-state index in [4.69, 9.17) is 0 Å². The lowest BCUT2D eigenvalue weighted by atomic mass is 10.0. The predicted molar refractivity (Wildman–Crippen MR) is 137 cm³/mol. The van der Waals surface area contributed by atoms with E-state index in [0.29, 0.717) is 31.9 Å². The fraction of sp³-hybridized carbons (Fsp3) is 0.214. The molecular weight excluding hydrogens is 438 g/mol. The topological polar surface area (TPSA) is 78.4 Å². The first-order valence-electron chi connectivity index (χ1n) is 11.8. The predicted octanol–water partition coefficient (Wildman–Crippen LogP) is 3.70. The van der Waals surface area contributed by atoms with Crippen molar-refractivity contribution in [3.63, 3.8) is 0 Å². The van der Waals surface area contributed by atoms with Crippen LogP contribution >= 0.6 is 0 Å². The number of aromatic nitrogens is 2. The monoisotopic (exact) mass is 465 g/mol. The molecule has 0 spiro atoms. The highest BCUT2D eigenvalue weighted by molar-refractivity contribution is 5.93. The Hall–Kier alpha value is -4.26. The number of amides is 2. The highest BCUT2D eigenvalue weighted by Crippen LogP contribution is 2.17. The van der Waals surface area contributed by atoms with Crippen LogP contribution in [0.15, 0.2) is 85.2 Å². The van der Waals surface area contributed by atoms with Crippen molar-refractivity contribution in [3.8, 4) is 0 Å². The first-order valence-corrected chi connectivity index (χ1v) is 11.8. The van der Waals surface area contributed by atoms with E-state index in [0.717, 1.165) is 40.7 Å². The number of nitrogens with zero attached hydrogens (tertiary/aromatic N) is 4. The van der Waals surface area contributed by atoms with Crippen molar-refractivity contribution in [2.24, 2.45) is 0 Å². The Balaban J connectivity index is 1.11. The van der Waals surface area contributed by atoms with Crippen molar-refractivity contribution in [3.05, 3.63) is 96.3 Å². The first-order chi connectivity index (χ1) is 17.1. The van der Waals surface area contributed by atoms with E-state index in [2.05, 4.69) is 32.3 Å². The van der Waals surface area contributed by atoms with Gasteiger partial charge in [0.2, 0.25) is 17.8 Å². The second-order valence-electron chi connectivity index (χ2n) is 8.70. The van der Waals surface area contributed by atoms with Gasteiger partial charge in [-0.1, -0.05) is 54.6 Å². The van der Waals surface area contributed by atoms with Gasteiger partial charge in [-0.3, -0.25) is 9.59 Å². The Morgan fingerprint density at radius 1 is 0.743 bits per heavy atom. The van der Waals surface area contributed by atoms with Gasteiger partial charge in [-0.05, 0) is 40.1 Å². The van der Waals surface area contributed by atoms with Crippen molar-refractivity contribution in [2.75, 3.05) is 36.4 Å². The van der Waals surface area contributed by atoms with E-state index in [1.165, 1.54) is 0 Å². The molecule has 1 fully saturated rings. The lowest BCUT2D eigenvalue weighted by molar-refractivity contribution is -0.130. The van der Waals surface area contributed by atoms with Crippen LogP contribution < -0.4 is 10.2 Å². The average Bonchev–Trinajstić information content (AvgIpc) is 2.90. The van der Waals surface area contributed by atoms with Crippen LogP contribution in [0.1, 0.15) is 11.1 Å². The van der Waals surface area contributed by atoms with Crippen LogP contribution in [0, 0.1) is 0 Å². The van der Waals surface area contributed by atoms with Crippen LogP contribution in [-0.4, -0.2) is 52.9 Å². The summed E-state index contributed by atoms with van der Waals surface area (Å²) in [5.74, 6) is 0.744. The van der Waals surface area contributed by atoms with E-state index in [1.54, 1.807) is 18.5 Å². The maximum atomic E-state index is 12.8. The highest BCUT2D eigenvalue weighted by Gasteiger charge is 2.22. The number of nitrogens with one attached hydrogen (secondary N) is 1. The summed E-state index contributed by atoms with van der Waals surface area (Å²) in [6, 6.07) is 23.5. The Labute approximate surface area is 204 Å². The van der Waals surface area contributed by atoms with Gasteiger partial charge in [0.1, 0.15) is 0 Å². The molecule has 7 nitrogen and oxygen atoms in total. The van der Waals surface area contributed by atoms with Gasteiger partial charge in [-0.15, -0.1) is 0 Å². The number of carbonyl (C=O) groups is 2. The molecule has 0 aliphatic carbocycles. The molecule has 0 radical (unpaired) electrons. The molecule has 7 heteroatoms. The summed E-state index contributed by atoms with van der Waals surface area (Å²) in [6.45, 7) is 2.75. The smallest absolute Gasteiger partial charge is 0.228 e. The average molecular weight is 466 g/mol. The zero-order valence-corrected chi connectivity index (χ0v) is 19.4. The minimum atomic E-state index is -0.0654. The third-order valence-electron chi connectivity index (χ3n) is 6.24. The van der Waals surface area contributed by atoms with Gasteiger partial charge < -0.3 is 15.1 Å². The summed E-state index contributed by atoms with van der Waals surface area (Å²) in [5.41, 5.74) is 2.63. The second-order valence-corrected chi connectivity index (χ2v) is 8.70. The normalized spacial score (nSPS) is 13.6. The molecule has 5 rings (SSSR count). The standard InChI is InChI=1S/C28H27N5O2/c34-26(19-22-6-9-23-4-1-2-5-24(23)18-22)31-25-10-7-21(8-11-25)20-27(35)32-14-16-33(17-15-32)28-29-12-3-13-30-28/h1-13,18H,14-17,19-20H2,(H,31,34). The molecule has 1 aromatic heterocycles. The number of piperazine rings is 1. The van der Waals surface area contributed by atoms with Gasteiger partial charge in [-0.25, -0.2) is 9.97 Å². The quantitative estimate of drug-likeness (QED) is 0.470. The molecule has 176 valence electrons. The minimum Gasteiger partial charge on any atom is -0.339 e. The van der Waals surface area contributed by atoms with Crippen LogP contribution in [0.5, 0.6) is 0 Å². The molecule has 1 saturated heterocycles.